The molecule has 1 aromatic carbocycles. The predicted molar refractivity (Wildman–Crippen MR) is 89.5 cm³/mol. The number of benzene rings is 1. The summed E-state index contributed by atoms with van der Waals surface area (Å²) in [4.78, 5) is 16.5. The Hall–Kier alpha value is -1.61. The number of β-amino-alcohol motifs (C(OH)–C–C–N with tert-alkyl or cyclic N) is 1. The number of carbonyl (C=O) groups excluding carboxylic acids is 1. The van der Waals surface area contributed by atoms with Gasteiger partial charge in [0.1, 0.15) is 0 Å². The van der Waals surface area contributed by atoms with Gasteiger partial charge in [-0.25, -0.2) is 0 Å². The van der Waals surface area contributed by atoms with Crippen molar-refractivity contribution in [2.24, 2.45) is 5.92 Å². The molecule has 1 saturated carbocycles. The van der Waals surface area contributed by atoms with E-state index in [4.69, 9.17) is 5.26 Å². The van der Waals surface area contributed by atoms with E-state index in [0.717, 1.165) is 32.5 Å². The number of rotatable bonds is 4. The Balaban J connectivity index is 0.00000192. The number of amides is 1. The van der Waals surface area contributed by atoms with Crippen LogP contribution in [0.25, 0.3) is 0 Å². The molecule has 1 amide bonds. The van der Waals surface area contributed by atoms with Gasteiger partial charge < -0.3 is 10.0 Å². The van der Waals surface area contributed by atoms with Crippen molar-refractivity contribution in [3.05, 3.63) is 35.4 Å². The van der Waals surface area contributed by atoms with E-state index in [1.165, 1.54) is 0 Å². The lowest BCUT2D eigenvalue weighted by molar-refractivity contribution is 0.0488. The largest absolute Gasteiger partial charge is 0.392 e. The molecule has 1 heterocycles. The zero-order valence-corrected chi connectivity index (χ0v) is 13.8. The number of nitriles is 1. The summed E-state index contributed by atoms with van der Waals surface area (Å²) in [6.07, 6.45) is 2.09. The van der Waals surface area contributed by atoms with Crippen molar-refractivity contribution < 1.29 is 9.90 Å². The minimum absolute atomic E-state index is 0. The fourth-order valence-electron chi connectivity index (χ4n) is 2.90. The molecule has 1 unspecified atom stereocenters. The van der Waals surface area contributed by atoms with E-state index in [1.54, 1.807) is 24.3 Å². The highest BCUT2D eigenvalue weighted by Crippen LogP contribution is 2.32. The Morgan fingerprint density at radius 2 is 1.83 bits per heavy atom. The maximum atomic E-state index is 12.4. The second-order valence-corrected chi connectivity index (χ2v) is 6.19. The van der Waals surface area contributed by atoms with Gasteiger partial charge in [0.25, 0.3) is 5.91 Å². The molecule has 3 rings (SSSR count). The second-order valence-electron chi connectivity index (χ2n) is 6.19. The highest BCUT2D eigenvalue weighted by atomic mass is 35.5. The summed E-state index contributed by atoms with van der Waals surface area (Å²) in [5.41, 5.74) is 1.20. The van der Waals surface area contributed by atoms with Gasteiger partial charge in [0.15, 0.2) is 0 Å². The van der Waals surface area contributed by atoms with E-state index in [9.17, 15) is 9.90 Å². The first-order valence-electron chi connectivity index (χ1n) is 7.87. The van der Waals surface area contributed by atoms with Gasteiger partial charge in [0.05, 0.1) is 17.7 Å². The molecule has 23 heavy (non-hydrogen) atoms. The first kappa shape index (κ1) is 17.7. The zero-order chi connectivity index (χ0) is 15.5. The summed E-state index contributed by atoms with van der Waals surface area (Å²) in [5, 5.41) is 18.8. The fourth-order valence-corrected chi connectivity index (χ4v) is 2.90. The quantitative estimate of drug-likeness (QED) is 0.905. The number of aliphatic hydroxyl groups excluding tert-OH is 1. The van der Waals surface area contributed by atoms with Crippen molar-refractivity contribution in [2.75, 3.05) is 32.7 Å². The average molecular weight is 336 g/mol. The molecule has 2 aliphatic rings. The van der Waals surface area contributed by atoms with Crippen LogP contribution in [0.1, 0.15) is 28.8 Å². The molecule has 1 aromatic rings. The maximum Gasteiger partial charge on any atom is 0.253 e. The standard InChI is InChI=1S/C17H21N3O2.ClH/c18-11-13-1-3-15(4-2-13)17(22)20-9-7-19(8-10-20)12-16(21)14-5-6-14;/h1-4,14,16,21H,5-10,12H2;1H. The minimum atomic E-state index is -0.208. The van der Waals surface area contributed by atoms with Gasteiger partial charge in [-0.05, 0) is 43.0 Å². The van der Waals surface area contributed by atoms with E-state index in [0.29, 0.717) is 30.1 Å². The third-order valence-electron chi connectivity index (χ3n) is 4.53. The van der Waals surface area contributed by atoms with E-state index >= 15 is 0 Å². The molecule has 0 bridgehead atoms. The Morgan fingerprint density at radius 1 is 1.22 bits per heavy atom. The van der Waals surface area contributed by atoms with E-state index < -0.39 is 0 Å². The first-order chi connectivity index (χ1) is 10.7. The van der Waals surface area contributed by atoms with Gasteiger partial charge in [-0.2, -0.15) is 5.26 Å². The molecule has 0 spiro atoms. The Kier molecular flexibility index (Phi) is 6.00. The summed E-state index contributed by atoms with van der Waals surface area (Å²) >= 11 is 0. The number of hydrogen-bond acceptors (Lipinski definition) is 4. The fraction of sp³-hybridized carbons (Fsp3) is 0.529. The number of halogens is 1. The predicted octanol–water partition coefficient (Wildman–Crippen LogP) is 1.51. The Labute approximate surface area is 142 Å². The van der Waals surface area contributed by atoms with Crippen LogP contribution in [0.5, 0.6) is 0 Å². The lowest BCUT2D eigenvalue weighted by Crippen LogP contribution is -2.50. The zero-order valence-electron chi connectivity index (χ0n) is 13.0. The first-order valence-corrected chi connectivity index (χ1v) is 7.87. The molecule has 0 aromatic heterocycles. The number of piperazine rings is 1. The van der Waals surface area contributed by atoms with Gasteiger partial charge in [0, 0.05) is 38.3 Å². The maximum absolute atomic E-state index is 12.4. The number of nitrogens with zero attached hydrogens (tertiary/aromatic N) is 3. The van der Waals surface area contributed by atoms with Gasteiger partial charge in [0.2, 0.25) is 0 Å². The van der Waals surface area contributed by atoms with Gasteiger partial charge >= 0.3 is 0 Å². The summed E-state index contributed by atoms with van der Waals surface area (Å²) in [7, 11) is 0. The summed E-state index contributed by atoms with van der Waals surface area (Å²) in [6.45, 7) is 3.73. The van der Waals surface area contributed by atoms with Crippen molar-refractivity contribution in [3.8, 4) is 6.07 Å². The van der Waals surface area contributed by atoms with Crippen LogP contribution in [0.3, 0.4) is 0 Å². The molecule has 6 heteroatoms. The van der Waals surface area contributed by atoms with Crippen LogP contribution in [-0.2, 0) is 0 Å². The van der Waals surface area contributed by atoms with Crippen LogP contribution in [0.15, 0.2) is 24.3 Å². The highest BCUT2D eigenvalue weighted by Gasteiger charge is 2.32. The molecular weight excluding hydrogens is 314 g/mol. The van der Waals surface area contributed by atoms with E-state index in [2.05, 4.69) is 11.0 Å². The molecular formula is C17H22ClN3O2. The van der Waals surface area contributed by atoms with E-state index in [-0.39, 0.29) is 24.4 Å². The SMILES string of the molecule is Cl.N#Cc1ccc(C(=O)N2CCN(CC(O)C3CC3)CC2)cc1. The van der Waals surface area contributed by atoms with Crippen molar-refractivity contribution in [1.82, 2.24) is 9.80 Å². The second kappa shape index (κ2) is 7.78. The van der Waals surface area contributed by atoms with Crippen LogP contribution < -0.4 is 0 Å². The van der Waals surface area contributed by atoms with Crippen molar-refractivity contribution in [3.63, 3.8) is 0 Å². The molecule has 124 valence electrons. The molecule has 2 fully saturated rings. The summed E-state index contributed by atoms with van der Waals surface area (Å²) in [6, 6.07) is 8.83. The summed E-state index contributed by atoms with van der Waals surface area (Å²) in [5.74, 6) is 0.519. The molecule has 0 radical (unpaired) electrons. The van der Waals surface area contributed by atoms with Gasteiger partial charge in [-0.15, -0.1) is 12.4 Å². The molecule has 5 nitrogen and oxygen atoms in total. The van der Waals surface area contributed by atoms with Crippen LogP contribution in [0.4, 0.5) is 0 Å². The smallest absolute Gasteiger partial charge is 0.253 e. The van der Waals surface area contributed by atoms with Gasteiger partial charge in [-0.3, -0.25) is 9.69 Å². The Morgan fingerprint density at radius 3 is 2.35 bits per heavy atom. The molecule has 1 aliphatic carbocycles. The molecule has 1 aliphatic heterocycles. The summed E-state index contributed by atoms with van der Waals surface area (Å²) < 4.78 is 0. The van der Waals surface area contributed by atoms with E-state index in [1.807, 2.05) is 4.90 Å². The third-order valence-corrected chi connectivity index (χ3v) is 4.53. The highest BCUT2D eigenvalue weighted by molar-refractivity contribution is 5.94. The Bertz CT molecular complexity index is 572. The molecule has 1 saturated heterocycles. The number of carbonyl (C=O) groups is 1. The van der Waals surface area contributed by atoms with Crippen molar-refractivity contribution >= 4 is 18.3 Å². The lowest BCUT2D eigenvalue weighted by Gasteiger charge is -2.35. The number of hydrogen-bond donors (Lipinski definition) is 1. The van der Waals surface area contributed by atoms with Crippen LogP contribution >= 0.6 is 12.4 Å². The minimum Gasteiger partial charge on any atom is -0.392 e. The molecule has 1 N–H and O–H groups in total. The van der Waals surface area contributed by atoms with Crippen LogP contribution in [0, 0.1) is 17.2 Å². The van der Waals surface area contributed by atoms with Crippen LogP contribution in [-0.4, -0.2) is 59.6 Å². The number of aliphatic hydroxyl groups is 1. The van der Waals surface area contributed by atoms with Crippen molar-refractivity contribution in [2.45, 2.75) is 18.9 Å². The average Bonchev–Trinajstić information content (AvgIpc) is 3.40. The van der Waals surface area contributed by atoms with Crippen molar-refractivity contribution in [1.29, 1.82) is 5.26 Å². The lowest BCUT2D eigenvalue weighted by atomic mass is 10.1. The van der Waals surface area contributed by atoms with Crippen LogP contribution in [0.2, 0.25) is 0 Å². The normalized spacial score (nSPS) is 19.6. The topological polar surface area (TPSA) is 67.6 Å². The third kappa shape index (κ3) is 4.44. The molecule has 1 atom stereocenters. The monoisotopic (exact) mass is 335 g/mol. The van der Waals surface area contributed by atoms with Gasteiger partial charge in [-0.1, -0.05) is 0 Å².